The first kappa shape index (κ1) is 32.4. The fraction of sp³-hybridized carbons (Fsp3) is 0.412. The maximum absolute atomic E-state index is 13.5. The standard InChI is InChI=1S/C34H40N6O6/c1-6-45-31(43)27-26(19-40-29(41)22-14-7-8-15-23(22)30(40)42)37-32(39-28(27)35-21-13-11-12-20(2)18-21)36-24-16-9-10-17-25(24)38-33(44)46-34(3,4)5/h7-8,11-15,18,24-25H,6,9-10,16-17,19H2,1-5H3,(H,38,44)(H2,35,36,37,39)/t24-,25+/m1/s1. The number of hydrogen-bond donors (Lipinski definition) is 3. The second-order valence-electron chi connectivity index (χ2n) is 12.5. The lowest BCUT2D eigenvalue weighted by Crippen LogP contribution is -2.50. The zero-order valence-corrected chi connectivity index (χ0v) is 26.8. The van der Waals surface area contributed by atoms with Gasteiger partial charge in [0.25, 0.3) is 11.8 Å². The van der Waals surface area contributed by atoms with Crippen LogP contribution >= 0.6 is 0 Å². The van der Waals surface area contributed by atoms with Crippen molar-refractivity contribution in [2.24, 2.45) is 0 Å². The minimum absolute atomic E-state index is 0.0116. The number of amides is 3. The van der Waals surface area contributed by atoms with E-state index in [0.717, 1.165) is 29.7 Å². The van der Waals surface area contributed by atoms with E-state index < -0.39 is 29.5 Å². The fourth-order valence-electron chi connectivity index (χ4n) is 5.69. The Bertz CT molecular complexity index is 1620. The van der Waals surface area contributed by atoms with Crippen LogP contribution in [0.1, 0.15) is 95.7 Å². The van der Waals surface area contributed by atoms with Crippen molar-refractivity contribution < 1.29 is 28.7 Å². The number of esters is 1. The summed E-state index contributed by atoms with van der Waals surface area (Å²) >= 11 is 0. The number of anilines is 3. The predicted octanol–water partition coefficient (Wildman–Crippen LogP) is 5.75. The van der Waals surface area contributed by atoms with Crippen molar-refractivity contribution in [3.63, 3.8) is 0 Å². The zero-order chi connectivity index (χ0) is 33.0. The van der Waals surface area contributed by atoms with Crippen LogP contribution < -0.4 is 16.0 Å². The Labute approximate surface area is 268 Å². The van der Waals surface area contributed by atoms with Crippen LogP contribution in [0.2, 0.25) is 0 Å². The summed E-state index contributed by atoms with van der Waals surface area (Å²) in [4.78, 5) is 63.3. The highest BCUT2D eigenvalue weighted by Gasteiger charge is 2.37. The number of carbonyl (C=O) groups excluding carboxylic acids is 4. The number of benzene rings is 2. The molecule has 3 amide bonds. The Kier molecular flexibility index (Phi) is 9.54. The number of aromatic nitrogens is 2. The third kappa shape index (κ3) is 7.44. The summed E-state index contributed by atoms with van der Waals surface area (Å²) < 4.78 is 10.9. The van der Waals surface area contributed by atoms with Gasteiger partial charge >= 0.3 is 12.1 Å². The molecule has 2 heterocycles. The lowest BCUT2D eigenvalue weighted by molar-refractivity contribution is 0.0485. The van der Waals surface area contributed by atoms with Crippen LogP contribution in [0.15, 0.2) is 48.5 Å². The largest absolute Gasteiger partial charge is 0.462 e. The lowest BCUT2D eigenvalue weighted by atomic mass is 9.90. The number of nitrogens with zero attached hydrogens (tertiary/aromatic N) is 3. The van der Waals surface area contributed by atoms with Crippen LogP contribution in [0.3, 0.4) is 0 Å². The number of imide groups is 1. The molecule has 0 saturated heterocycles. The Morgan fingerprint density at radius 2 is 1.63 bits per heavy atom. The molecule has 1 aliphatic carbocycles. The van der Waals surface area contributed by atoms with Crippen molar-refractivity contribution in [3.05, 3.63) is 76.5 Å². The number of aryl methyl sites for hydroxylation is 1. The second-order valence-corrected chi connectivity index (χ2v) is 12.5. The Morgan fingerprint density at radius 3 is 2.26 bits per heavy atom. The van der Waals surface area contributed by atoms with Crippen LogP contribution in [0.4, 0.5) is 22.2 Å². The van der Waals surface area contributed by atoms with Crippen LogP contribution in [-0.2, 0) is 16.0 Å². The van der Waals surface area contributed by atoms with Gasteiger partial charge in [-0.25, -0.2) is 14.6 Å². The number of ether oxygens (including phenoxy) is 2. The van der Waals surface area contributed by atoms with Gasteiger partial charge in [0.05, 0.1) is 36.0 Å². The fourth-order valence-corrected chi connectivity index (χ4v) is 5.69. The number of rotatable bonds is 9. The molecule has 3 aromatic rings. The first-order valence-electron chi connectivity index (χ1n) is 15.6. The first-order chi connectivity index (χ1) is 21.9. The molecule has 1 aliphatic heterocycles. The van der Waals surface area contributed by atoms with E-state index in [1.807, 2.05) is 31.2 Å². The molecule has 2 aliphatic rings. The number of hydrogen-bond acceptors (Lipinski definition) is 10. The van der Waals surface area contributed by atoms with Crippen molar-refractivity contribution in [3.8, 4) is 0 Å². The van der Waals surface area contributed by atoms with Gasteiger partial charge in [0.15, 0.2) is 5.82 Å². The van der Waals surface area contributed by atoms with E-state index >= 15 is 0 Å². The third-order valence-electron chi connectivity index (χ3n) is 7.71. The van der Waals surface area contributed by atoms with Gasteiger partial charge < -0.3 is 25.4 Å². The maximum Gasteiger partial charge on any atom is 0.407 e. The SMILES string of the molecule is CCOC(=O)c1c(CN2C(=O)c3ccccc3C2=O)nc(N[C@@H]2CCCC[C@@H]2NC(=O)OC(C)(C)C)nc1Nc1cccc(C)c1. The highest BCUT2D eigenvalue weighted by Crippen LogP contribution is 2.30. The van der Waals surface area contributed by atoms with Gasteiger partial charge in [0.2, 0.25) is 5.95 Å². The maximum atomic E-state index is 13.5. The van der Waals surface area contributed by atoms with Crippen LogP contribution in [0, 0.1) is 6.92 Å². The van der Waals surface area contributed by atoms with Crippen molar-refractivity contribution in [1.29, 1.82) is 0 Å². The molecule has 242 valence electrons. The molecule has 1 aromatic heterocycles. The molecule has 5 rings (SSSR count). The summed E-state index contributed by atoms with van der Waals surface area (Å²) in [5.41, 5.74) is 1.72. The minimum Gasteiger partial charge on any atom is -0.462 e. The van der Waals surface area contributed by atoms with Gasteiger partial charge in [0.1, 0.15) is 11.2 Å². The van der Waals surface area contributed by atoms with Crippen molar-refractivity contribution >= 4 is 41.3 Å². The van der Waals surface area contributed by atoms with Crippen molar-refractivity contribution in [1.82, 2.24) is 20.2 Å². The van der Waals surface area contributed by atoms with Gasteiger partial charge in [0, 0.05) is 11.7 Å². The van der Waals surface area contributed by atoms with Crippen molar-refractivity contribution in [2.45, 2.75) is 84.5 Å². The Balaban J connectivity index is 1.54. The number of nitrogens with one attached hydrogen (secondary N) is 3. The summed E-state index contributed by atoms with van der Waals surface area (Å²) in [5.74, 6) is -1.34. The topological polar surface area (TPSA) is 152 Å². The molecule has 1 fully saturated rings. The van der Waals surface area contributed by atoms with Crippen molar-refractivity contribution in [2.75, 3.05) is 17.2 Å². The van der Waals surface area contributed by atoms with Gasteiger partial charge in [-0.15, -0.1) is 0 Å². The summed E-state index contributed by atoms with van der Waals surface area (Å²) in [7, 11) is 0. The summed E-state index contributed by atoms with van der Waals surface area (Å²) in [5, 5.41) is 9.58. The molecule has 1 saturated carbocycles. The smallest absolute Gasteiger partial charge is 0.407 e. The van der Waals surface area contributed by atoms with E-state index in [0.29, 0.717) is 12.1 Å². The van der Waals surface area contributed by atoms with E-state index in [9.17, 15) is 19.2 Å². The van der Waals surface area contributed by atoms with E-state index in [-0.39, 0.29) is 59.4 Å². The van der Waals surface area contributed by atoms with Gasteiger partial charge in [-0.1, -0.05) is 37.1 Å². The van der Waals surface area contributed by atoms with Gasteiger partial charge in [-0.3, -0.25) is 14.5 Å². The number of carbonyl (C=O) groups is 4. The average Bonchev–Trinajstić information content (AvgIpc) is 3.22. The molecule has 46 heavy (non-hydrogen) atoms. The number of alkyl carbamates (subject to hydrolysis) is 1. The Hall–Kier alpha value is -5.00. The quantitative estimate of drug-likeness (QED) is 0.197. The number of fused-ring (bicyclic) bond motifs is 1. The van der Waals surface area contributed by atoms with Crippen LogP contribution in [-0.4, -0.2) is 63.0 Å². The molecule has 0 radical (unpaired) electrons. The summed E-state index contributed by atoms with van der Waals surface area (Å²) in [6.07, 6.45) is 2.76. The van der Waals surface area contributed by atoms with E-state index in [1.165, 1.54) is 0 Å². The molecule has 0 spiro atoms. The van der Waals surface area contributed by atoms with Gasteiger partial charge in [-0.2, -0.15) is 4.98 Å². The summed E-state index contributed by atoms with van der Waals surface area (Å²) in [6.45, 7) is 8.86. The highest BCUT2D eigenvalue weighted by atomic mass is 16.6. The van der Waals surface area contributed by atoms with E-state index in [1.54, 1.807) is 52.0 Å². The Morgan fingerprint density at radius 1 is 0.957 bits per heavy atom. The lowest BCUT2D eigenvalue weighted by Gasteiger charge is -2.33. The van der Waals surface area contributed by atoms with Gasteiger partial charge in [-0.05, 0) is 77.3 Å². The van der Waals surface area contributed by atoms with Crippen LogP contribution in [0.5, 0.6) is 0 Å². The summed E-state index contributed by atoms with van der Waals surface area (Å²) in [6, 6.07) is 13.6. The molecule has 3 N–H and O–H groups in total. The molecule has 0 bridgehead atoms. The normalized spacial score (nSPS) is 17.7. The molecule has 12 nitrogen and oxygen atoms in total. The highest BCUT2D eigenvalue weighted by molar-refractivity contribution is 6.21. The average molecular weight is 629 g/mol. The second kappa shape index (κ2) is 13.6. The molecule has 0 unspecified atom stereocenters. The van der Waals surface area contributed by atoms with E-state index in [2.05, 4.69) is 16.0 Å². The third-order valence-corrected chi connectivity index (χ3v) is 7.71. The molecular weight excluding hydrogens is 588 g/mol. The molecule has 2 aromatic carbocycles. The molecule has 2 atom stereocenters. The van der Waals surface area contributed by atoms with Crippen LogP contribution in [0.25, 0.3) is 0 Å². The predicted molar refractivity (Wildman–Crippen MR) is 172 cm³/mol. The monoisotopic (exact) mass is 628 g/mol. The molecular formula is C34H40N6O6. The zero-order valence-electron chi connectivity index (χ0n) is 26.8. The van der Waals surface area contributed by atoms with E-state index in [4.69, 9.17) is 19.4 Å². The minimum atomic E-state index is -0.696. The molecule has 12 heteroatoms. The first-order valence-corrected chi connectivity index (χ1v) is 15.6.